The molecule has 172 valence electrons. The lowest BCUT2D eigenvalue weighted by molar-refractivity contribution is -0.135. The van der Waals surface area contributed by atoms with Gasteiger partial charge < -0.3 is 19.7 Å². The Balaban J connectivity index is 1.71. The van der Waals surface area contributed by atoms with Crippen molar-refractivity contribution in [3.05, 3.63) is 21.4 Å². The number of carbonyl (C=O) groups is 3. The van der Waals surface area contributed by atoms with Crippen LogP contribution in [-0.4, -0.2) is 48.2 Å². The van der Waals surface area contributed by atoms with Gasteiger partial charge in [-0.05, 0) is 51.2 Å². The van der Waals surface area contributed by atoms with E-state index in [1.807, 2.05) is 26.8 Å². The van der Waals surface area contributed by atoms with Gasteiger partial charge in [-0.25, -0.2) is 9.59 Å². The van der Waals surface area contributed by atoms with Crippen molar-refractivity contribution in [3.63, 3.8) is 0 Å². The van der Waals surface area contributed by atoms with Crippen molar-refractivity contribution >= 4 is 29.3 Å². The lowest BCUT2D eigenvalue weighted by Gasteiger charge is -2.33. The van der Waals surface area contributed by atoms with Gasteiger partial charge >= 0.3 is 12.1 Å². The number of ether oxygens (including phenoxy) is 2. The highest BCUT2D eigenvalue weighted by Gasteiger charge is 2.33. The molecule has 1 N–H and O–H groups in total. The zero-order chi connectivity index (χ0) is 22.6. The van der Waals surface area contributed by atoms with E-state index in [0.717, 1.165) is 23.3 Å². The Morgan fingerprint density at radius 1 is 1.23 bits per heavy atom. The monoisotopic (exact) mass is 450 g/mol. The van der Waals surface area contributed by atoms with Gasteiger partial charge in [0.05, 0.1) is 7.11 Å². The first kappa shape index (κ1) is 23.6. The van der Waals surface area contributed by atoms with E-state index in [2.05, 4.69) is 5.32 Å². The molecule has 1 atom stereocenters. The maximum atomic E-state index is 13.4. The average Bonchev–Trinajstić information content (AvgIpc) is 3.15. The molecule has 31 heavy (non-hydrogen) atoms. The summed E-state index contributed by atoms with van der Waals surface area (Å²) in [4.78, 5) is 41.2. The summed E-state index contributed by atoms with van der Waals surface area (Å²) in [5, 5.41) is 2.85. The van der Waals surface area contributed by atoms with Crippen molar-refractivity contribution in [2.24, 2.45) is 5.92 Å². The predicted octanol–water partition coefficient (Wildman–Crippen LogP) is 4.28. The molecule has 0 bridgehead atoms. The summed E-state index contributed by atoms with van der Waals surface area (Å²) >= 11 is 1.43. The van der Waals surface area contributed by atoms with Crippen molar-refractivity contribution in [2.45, 2.75) is 83.9 Å². The number of nitrogens with zero attached hydrogens (tertiary/aromatic N) is 1. The zero-order valence-electron chi connectivity index (χ0n) is 19.0. The minimum Gasteiger partial charge on any atom is -0.465 e. The molecule has 1 aliphatic carbocycles. The quantitative estimate of drug-likeness (QED) is 0.677. The van der Waals surface area contributed by atoms with Crippen LogP contribution in [0.5, 0.6) is 0 Å². The average molecular weight is 451 g/mol. The van der Waals surface area contributed by atoms with Crippen LogP contribution in [0.25, 0.3) is 0 Å². The van der Waals surface area contributed by atoms with Crippen molar-refractivity contribution < 1.29 is 23.9 Å². The molecule has 1 aromatic rings. The molecule has 1 aliphatic heterocycles. The molecule has 0 aromatic carbocycles. The fourth-order valence-corrected chi connectivity index (χ4v) is 5.45. The fraction of sp³-hybridized carbons (Fsp3) is 0.696. The molecule has 1 fully saturated rings. The van der Waals surface area contributed by atoms with Gasteiger partial charge in [0.1, 0.15) is 16.5 Å². The second kappa shape index (κ2) is 10.0. The first-order chi connectivity index (χ1) is 14.7. The molecule has 2 amide bonds. The van der Waals surface area contributed by atoms with Crippen molar-refractivity contribution in [1.82, 2.24) is 10.2 Å². The summed E-state index contributed by atoms with van der Waals surface area (Å²) in [6.07, 6.45) is 6.57. The molecule has 2 aliphatic rings. The van der Waals surface area contributed by atoms with Gasteiger partial charge in [-0.15, -0.1) is 11.3 Å². The number of hydrogen-bond donors (Lipinski definition) is 1. The van der Waals surface area contributed by atoms with Crippen LogP contribution in [0.4, 0.5) is 4.79 Å². The zero-order valence-corrected chi connectivity index (χ0v) is 19.8. The molecule has 0 saturated heterocycles. The second-order valence-electron chi connectivity index (χ2n) is 9.50. The molecule has 0 radical (unpaired) electrons. The van der Waals surface area contributed by atoms with E-state index in [9.17, 15) is 14.4 Å². The summed E-state index contributed by atoms with van der Waals surface area (Å²) in [6.45, 7) is 6.45. The topological polar surface area (TPSA) is 84.9 Å². The molecule has 1 saturated carbocycles. The highest BCUT2D eigenvalue weighted by atomic mass is 32.1. The van der Waals surface area contributed by atoms with Crippen LogP contribution in [-0.2, 0) is 27.2 Å². The van der Waals surface area contributed by atoms with Crippen LogP contribution < -0.4 is 5.32 Å². The van der Waals surface area contributed by atoms with E-state index in [0.29, 0.717) is 36.7 Å². The van der Waals surface area contributed by atoms with Gasteiger partial charge in [0.2, 0.25) is 5.91 Å². The van der Waals surface area contributed by atoms with Crippen molar-refractivity contribution in [2.75, 3.05) is 13.7 Å². The molecule has 7 nitrogen and oxygen atoms in total. The van der Waals surface area contributed by atoms with E-state index in [4.69, 9.17) is 9.47 Å². The van der Waals surface area contributed by atoms with Crippen LogP contribution in [0.1, 0.15) is 79.4 Å². The SMILES string of the molecule is COC(=O)c1cc2c(s1)CCN(C(=O)C(CC1CCCCC1)NC(=O)OC(C)(C)C)C2. The maximum Gasteiger partial charge on any atom is 0.408 e. The Morgan fingerprint density at radius 3 is 2.58 bits per heavy atom. The van der Waals surface area contributed by atoms with E-state index >= 15 is 0 Å². The summed E-state index contributed by atoms with van der Waals surface area (Å²) in [5.74, 6) is 0.0111. The summed E-state index contributed by atoms with van der Waals surface area (Å²) in [7, 11) is 1.37. The smallest absolute Gasteiger partial charge is 0.408 e. The number of nitrogens with one attached hydrogen (secondary N) is 1. The standard InChI is InChI=1S/C23H34N2O5S/c1-23(2,3)30-22(28)24-17(12-15-8-6-5-7-9-15)20(26)25-11-10-18-16(14-25)13-19(31-18)21(27)29-4/h13,15,17H,5-12,14H2,1-4H3,(H,24,28). The highest BCUT2D eigenvalue weighted by Crippen LogP contribution is 2.31. The van der Waals surface area contributed by atoms with E-state index in [-0.39, 0.29) is 11.9 Å². The predicted molar refractivity (Wildman–Crippen MR) is 119 cm³/mol. The van der Waals surface area contributed by atoms with Gasteiger partial charge in [0.15, 0.2) is 0 Å². The van der Waals surface area contributed by atoms with Gasteiger partial charge in [-0.2, -0.15) is 0 Å². The van der Waals surface area contributed by atoms with Crippen molar-refractivity contribution in [1.29, 1.82) is 0 Å². The third-order valence-electron chi connectivity index (χ3n) is 5.85. The van der Waals surface area contributed by atoms with Gasteiger partial charge in [0.25, 0.3) is 0 Å². The van der Waals surface area contributed by atoms with Crippen LogP contribution in [0.3, 0.4) is 0 Å². The third kappa shape index (κ3) is 6.45. The molecule has 8 heteroatoms. The third-order valence-corrected chi connectivity index (χ3v) is 7.06. The lowest BCUT2D eigenvalue weighted by atomic mass is 9.84. The minimum absolute atomic E-state index is 0.0760. The van der Waals surface area contributed by atoms with E-state index < -0.39 is 17.7 Å². The first-order valence-corrected chi connectivity index (χ1v) is 12.0. The maximum absolute atomic E-state index is 13.4. The summed E-state index contributed by atoms with van der Waals surface area (Å²) in [5.41, 5.74) is 0.363. The van der Waals surface area contributed by atoms with Gasteiger partial charge in [0, 0.05) is 18.0 Å². The Labute approximate surface area is 188 Å². The molecule has 1 aromatic heterocycles. The largest absolute Gasteiger partial charge is 0.465 e. The fourth-order valence-electron chi connectivity index (χ4n) is 4.37. The number of thiophene rings is 1. The molecular formula is C23H34N2O5S. The van der Waals surface area contributed by atoms with Crippen LogP contribution in [0.15, 0.2) is 6.07 Å². The number of methoxy groups -OCH3 is 1. The molecule has 2 heterocycles. The number of rotatable bonds is 5. The van der Waals surface area contributed by atoms with Gasteiger partial charge in [-0.3, -0.25) is 4.79 Å². The van der Waals surface area contributed by atoms with Gasteiger partial charge in [-0.1, -0.05) is 32.1 Å². The number of amides is 2. The number of esters is 1. The molecular weight excluding hydrogens is 416 g/mol. The highest BCUT2D eigenvalue weighted by molar-refractivity contribution is 7.14. The number of fused-ring (bicyclic) bond motifs is 1. The molecule has 0 spiro atoms. The Kier molecular flexibility index (Phi) is 7.62. The Morgan fingerprint density at radius 2 is 1.94 bits per heavy atom. The van der Waals surface area contributed by atoms with E-state index in [1.54, 1.807) is 4.90 Å². The summed E-state index contributed by atoms with van der Waals surface area (Å²) in [6, 6.07) is 1.22. The normalized spacial score (nSPS) is 18.1. The van der Waals surface area contributed by atoms with Crippen LogP contribution >= 0.6 is 11.3 Å². The lowest BCUT2D eigenvalue weighted by Crippen LogP contribution is -2.51. The minimum atomic E-state index is -0.622. The van der Waals surface area contributed by atoms with Crippen LogP contribution in [0.2, 0.25) is 0 Å². The number of carbonyl (C=O) groups excluding carboxylic acids is 3. The first-order valence-electron chi connectivity index (χ1n) is 11.1. The summed E-state index contributed by atoms with van der Waals surface area (Å²) < 4.78 is 10.2. The van der Waals surface area contributed by atoms with Crippen LogP contribution in [0, 0.1) is 5.92 Å². The second-order valence-corrected chi connectivity index (χ2v) is 10.6. The van der Waals surface area contributed by atoms with Crippen molar-refractivity contribution in [3.8, 4) is 0 Å². The molecule has 3 rings (SSSR count). The molecule has 1 unspecified atom stereocenters. The Bertz CT molecular complexity index is 807. The Hall–Kier alpha value is -2.09. The van der Waals surface area contributed by atoms with E-state index in [1.165, 1.54) is 37.7 Å². The number of hydrogen-bond acceptors (Lipinski definition) is 6. The number of alkyl carbamates (subject to hydrolysis) is 1.